The minimum absolute atomic E-state index is 0.0407. The summed E-state index contributed by atoms with van der Waals surface area (Å²) in [6, 6.07) is 13.1. The number of halogens is 2. The molecular formula is C28H38Cl2N2O2. The number of carbonyl (C=O) groups is 2. The van der Waals surface area contributed by atoms with Crippen molar-refractivity contribution in [2.75, 3.05) is 0 Å². The lowest BCUT2D eigenvalue weighted by molar-refractivity contribution is -0.141. The molecule has 0 unspecified atom stereocenters. The maximum atomic E-state index is 13.5. The zero-order valence-corrected chi connectivity index (χ0v) is 22.8. The van der Waals surface area contributed by atoms with Crippen molar-refractivity contribution in [2.45, 2.75) is 91.3 Å². The Balaban J connectivity index is 2.24. The van der Waals surface area contributed by atoms with E-state index in [4.69, 9.17) is 23.2 Å². The fourth-order valence-electron chi connectivity index (χ4n) is 3.76. The van der Waals surface area contributed by atoms with E-state index in [0.717, 1.165) is 17.5 Å². The van der Waals surface area contributed by atoms with Crippen molar-refractivity contribution in [1.29, 1.82) is 0 Å². The van der Waals surface area contributed by atoms with Crippen LogP contribution in [0.25, 0.3) is 0 Å². The largest absolute Gasteiger partial charge is 0.352 e. The van der Waals surface area contributed by atoms with Crippen LogP contribution in [0.4, 0.5) is 0 Å². The average Bonchev–Trinajstić information content (AvgIpc) is 2.78. The molecule has 2 aromatic rings. The van der Waals surface area contributed by atoms with Crippen LogP contribution in [-0.2, 0) is 28.0 Å². The second-order valence-corrected chi connectivity index (χ2v) is 10.8. The summed E-state index contributed by atoms with van der Waals surface area (Å²) in [6.07, 6.45) is 2.26. The normalized spacial score (nSPS) is 13.3. The zero-order chi connectivity index (χ0) is 25.5. The molecule has 0 aromatic heterocycles. The quantitative estimate of drug-likeness (QED) is 0.380. The Kier molecular flexibility index (Phi) is 10.5. The van der Waals surface area contributed by atoms with Gasteiger partial charge in [0.2, 0.25) is 11.8 Å². The summed E-state index contributed by atoms with van der Waals surface area (Å²) in [4.78, 5) is 28.2. The number of rotatable bonds is 10. The summed E-state index contributed by atoms with van der Waals surface area (Å²) >= 11 is 12.5. The molecule has 0 spiro atoms. The molecule has 0 radical (unpaired) electrons. The number of hydrogen-bond donors (Lipinski definition) is 1. The molecule has 2 atom stereocenters. The van der Waals surface area contributed by atoms with Crippen LogP contribution in [0.2, 0.25) is 10.0 Å². The lowest BCUT2D eigenvalue weighted by Crippen LogP contribution is -2.50. The fraction of sp³-hybridized carbons (Fsp3) is 0.500. The van der Waals surface area contributed by atoms with E-state index < -0.39 is 6.04 Å². The molecular weight excluding hydrogens is 467 g/mol. The van der Waals surface area contributed by atoms with Crippen LogP contribution >= 0.6 is 23.2 Å². The van der Waals surface area contributed by atoms with Gasteiger partial charge in [0, 0.05) is 29.1 Å². The van der Waals surface area contributed by atoms with Crippen molar-refractivity contribution in [3.8, 4) is 0 Å². The predicted molar refractivity (Wildman–Crippen MR) is 142 cm³/mol. The number of nitrogens with one attached hydrogen (secondary N) is 1. The highest BCUT2D eigenvalue weighted by atomic mass is 35.5. The highest BCUT2D eigenvalue weighted by Gasteiger charge is 2.29. The molecule has 2 rings (SSSR count). The van der Waals surface area contributed by atoms with Crippen molar-refractivity contribution in [2.24, 2.45) is 0 Å². The lowest BCUT2D eigenvalue weighted by Gasteiger charge is -2.32. The molecule has 34 heavy (non-hydrogen) atoms. The first-order valence-electron chi connectivity index (χ1n) is 12.1. The second kappa shape index (κ2) is 12.6. The molecule has 186 valence electrons. The van der Waals surface area contributed by atoms with Gasteiger partial charge in [-0.1, -0.05) is 88.2 Å². The van der Waals surface area contributed by atoms with Crippen molar-refractivity contribution in [3.63, 3.8) is 0 Å². The Morgan fingerprint density at radius 1 is 1.00 bits per heavy atom. The number of aryl methyl sites for hydroxylation is 1. The fourth-order valence-corrected chi connectivity index (χ4v) is 4.23. The van der Waals surface area contributed by atoms with E-state index in [1.54, 1.807) is 17.0 Å². The molecule has 0 saturated heterocycles. The molecule has 1 N–H and O–H groups in total. The Morgan fingerprint density at radius 3 is 2.18 bits per heavy atom. The van der Waals surface area contributed by atoms with Gasteiger partial charge in [-0.2, -0.15) is 0 Å². The standard InChI is InChI=1S/C28H38Cl2N2O2/c1-7-19(3)31-27(34)25(8-2)32(18-21-12-15-23(29)17-24(21)30)26(33)16-11-20-9-13-22(14-10-20)28(4,5)6/h9-10,12-15,17,19,25H,7-8,11,16,18H2,1-6H3,(H,31,34)/t19-,25+/m0/s1. The molecule has 2 amide bonds. The highest BCUT2D eigenvalue weighted by Crippen LogP contribution is 2.25. The van der Waals surface area contributed by atoms with Gasteiger partial charge < -0.3 is 10.2 Å². The Labute approximate surface area is 215 Å². The average molecular weight is 506 g/mol. The van der Waals surface area contributed by atoms with Gasteiger partial charge in [-0.15, -0.1) is 0 Å². The molecule has 0 aliphatic rings. The number of hydrogen-bond acceptors (Lipinski definition) is 2. The lowest BCUT2D eigenvalue weighted by atomic mass is 9.86. The first-order valence-corrected chi connectivity index (χ1v) is 12.8. The van der Waals surface area contributed by atoms with Crippen molar-refractivity contribution >= 4 is 35.0 Å². The molecule has 2 aromatic carbocycles. The van der Waals surface area contributed by atoms with Gasteiger partial charge in [-0.3, -0.25) is 9.59 Å². The minimum Gasteiger partial charge on any atom is -0.352 e. The molecule has 0 bridgehead atoms. The van der Waals surface area contributed by atoms with Gasteiger partial charge in [0.25, 0.3) is 0 Å². The number of benzene rings is 2. The third-order valence-electron chi connectivity index (χ3n) is 6.19. The van der Waals surface area contributed by atoms with Crippen LogP contribution in [0.5, 0.6) is 0 Å². The monoisotopic (exact) mass is 504 g/mol. The second-order valence-electron chi connectivity index (χ2n) is 9.95. The summed E-state index contributed by atoms with van der Waals surface area (Å²) in [5.74, 6) is -0.207. The SMILES string of the molecule is CC[C@H](C(=O)N[C@@H](C)CC)N(Cc1ccc(Cl)cc1Cl)C(=O)CCc1ccc(C(C)(C)C)cc1. The molecule has 0 aliphatic heterocycles. The van der Waals surface area contributed by atoms with Gasteiger partial charge in [0.15, 0.2) is 0 Å². The summed E-state index contributed by atoms with van der Waals surface area (Å²) in [7, 11) is 0. The van der Waals surface area contributed by atoms with Gasteiger partial charge in [0.05, 0.1) is 0 Å². The van der Waals surface area contributed by atoms with Crippen LogP contribution in [0, 0.1) is 0 Å². The van der Waals surface area contributed by atoms with E-state index in [1.807, 2.05) is 26.8 Å². The topological polar surface area (TPSA) is 49.4 Å². The third kappa shape index (κ3) is 8.02. The third-order valence-corrected chi connectivity index (χ3v) is 6.78. The number of nitrogens with zero attached hydrogens (tertiary/aromatic N) is 1. The van der Waals surface area contributed by atoms with Gasteiger partial charge >= 0.3 is 0 Å². The van der Waals surface area contributed by atoms with E-state index in [2.05, 4.69) is 50.4 Å². The summed E-state index contributed by atoms with van der Waals surface area (Å²) in [6.45, 7) is 12.7. The first-order chi connectivity index (χ1) is 16.0. The maximum Gasteiger partial charge on any atom is 0.243 e. The van der Waals surface area contributed by atoms with Crippen LogP contribution in [-0.4, -0.2) is 28.8 Å². The summed E-state index contributed by atoms with van der Waals surface area (Å²) < 4.78 is 0. The summed E-state index contributed by atoms with van der Waals surface area (Å²) in [5, 5.41) is 4.05. The van der Waals surface area contributed by atoms with E-state index >= 15 is 0 Å². The predicted octanol–water partition coefficient (Wildman–Crippen LogP) is 6.95. The van der Waals surface area contributed by atoms with Crippen LogP contribution in [0.3, 0.4) is 0 Å². The van der Waals surface area contributed by atoms with E-state index in [-0.39, 0.29) is 29.8 Å². The molecule has 0 aliphatic carbocycles. The first kappa shape index (κ1) is 28.2. The minimum atomic E-state index is -0.573. The Hall–Kier alpha value is -2.04. The van der Waals surface area contributed by atoms with Crippen LogP contribution in [0.15, 0.2) is 42.5 Å². The van der Waals surface area contributed by atoms with Crippen LogP contribution < -0.4 is 5.32 Å². The smallest absolute Gasteiger partial charge is 0.243 e. The molecule has 4 nitrogen and oxygen atoms in total. The Bertz CT molecular complexity index is 967. The van der Waals surface area contributed by atoms with Gasteiger partial charge in [-0.25, -0.2) is 0 Å². The highest BCUT2D eigenvalue weighted by molar-refractivity contribution is 6.35. The van der Waals surface area contributed by atoms with Gasteiger partial charge in [-0.05, 0) is 60.4 Å². The van der Waals surface area contributed by atoms with Crippen LogP contribution in [0.1, 0.15) is 77.5 Å². The van der Waals surface area contributed by atoms with Crippen molar-refractivity contribution in [1.82, 2.24) is 10.2 Å². The molecule has 6 heteroatoms. The van der Waals surface area contributed by atoms with E-state index in [0.29, 0.717) is 29.3 Å². The van der Waals surface area contributed by atoms with E-state index in [1.165, 1.54) is 5.56 Å². The molecule has 0 saturated carbocycles. The number of carbonyl (C=O) groups excluding carboxylic acids is 2. The van der Waals surface area contributed by atoms with E-state index in [9.17, 15) is 9.59 Å². The summed E-state index contributed by atoms with van der Waals surface area (Å²) in [5.41, 5.74) is 3.21. The number of amides is 2. The zero-order valence-electron chi connectivity index (χ0n) is 21.3. The molecule has 0 heterocycles. The maximum absolute atomic E-state index is 13.5. The Morgan fingerprint density at radius 2 is 1.65 bits per heavy atom. The van der Waals surface area contributed by atoms with Crippen molar-refractivity contribution in [3.05, 3.63) is 69.2 Å². The molecule has 0 fully saturated rings. The van der Waals surface area contributed by atoms with Gasteiger partial charge in [0.1, 0.15) is 6.04 Å². The van der Waals surface area contributed by atoms with Crippen molar-refractivity contribution < 1.29 is 9.59 Å².